The van der Waals surface area contributed by atoms with Crippen LogP contribution in [0.3, 0.4) is 0 Å². The fourth-order valence-electron chi connectivity index (χ4n) is 3.50. The maximum atomic E-state index is 13.1. The van der Waals surface area contributed by atoms with Crippen molar-refractivity contribution in [1.29, 1.82) is 0 Å². The van der Waals surface area contributed by atoms with E-state index in [0.717, 1.165) is 38.4 Å². The Morgan fingerprint density at radius 2 is 1.85 bits per heavy atom. The molecule has 1 saturated heterocycles. The van der Waals surface area contributed by atoms with Crippen molar-refractivity contribution in [3.05, 3.63) is 70.6 Å². The van der Waals surface area contributed by atoms with Crippen molar-refractivity contribution in [2.75, 3.05) is 26.2 Å². The molecule has 3 heterocycles. The molecule has 0 bridgehead atoms. The first-order chi connectivity index (χ1) is 12.6. The molecule has 0 N–H and O–H groups in total. The van der Waals surface area contributed by atoms with Crippen molar-refractivity contribution < 1.29 is 4.79 Å². The third-order valence-electron chi connectivity index (χ3n) is 4.87. The van der Waals surface area contributed by atoms with E-state index in [1.54, 1.807) is 12.1 Å². The van der Waals surface area contributed by atoms with E-state index in [0.29, 0.717) is 16.4 Å². The minimum Gasteiger partial charge on any atom is -0.335 e. The van der Waals surface area contributed by atoms with Gasteiger partial charge in [0.25, 0.3) is 5.91 Å². The fraction of sp³-hybridized carbons (Fsp3) is 0.300. The number of aryl methyl sites for hydroxylation is 1. The third-order valence-corrected chi connectivity index (χ3v) is 5.11. The van der Waals surface area contributed by atoms with Crippen LogP contribution in [0.25, 0.3) is 5.65 Å². The van der Waals surface area contributed by atoms with Gasteiger partial charge in [0.1, 0.15) is 11.3 Å². The summed E-state index contributed by atoms with van der Waals surface area (Å²) >= 11 is 6.04. The van der Waals surface area contributed by atoms with Crippen LogP contribution in [0.2, 0.25) is 5.02 Å². The number of nitrogens with zero attached hydrogens (tertiary/aromatic N) is 4. The molecule has 0 atom stereocenters. The van der Waals surface area contributed by atoms with E-state index in [1.165, 1.54) is 5.56 Å². The molecular weight excluding hydrogens is 348 g/mol. The summed E-state index contributed by atoms with van der Waals surface area (Å²) < 4.78 is 1.83. The molecule has 6 heteroatoms. The van der Waals surface area contributed by atoms with E-state index in [1.807, 2.05) is 28.5 Å². The van der Waals surface area contributed by atoms with Crippen molar-refractivity contribution >= 4 is 23.2 Å². The van der Waals surface area contributed by atoms with Crippen LogP contribution in [0.5, 0.6) is 0 Å². The van der Waals surface area contributed by atoms with E-state index in [2.05, 4.69) is 34.1 Å². The molecule has 1 fully saturated rings. The number of piperazine rings is 1. The van der Waals surface area contributed by atoms with Crippen molar-refractivity contribution in [2.45, 2.75) is 13.5 Å². The molecule has 1 aliphatic heterocycles. The van der Waals surface area contributed by atoms with Gasteiger partial charge in [0.05, 0.1) is 5.69 Å². The van der Waals surface area contributed by atoms with Crippen LogP contribution in [0, 0.1) is 6.92 Å². The highest BCUT2D eigenvalue weighted by atomic mass is 35.5. The van der Waals surface area contributed by atoms with E-state index >= 15 is 0 Å². The number of carbonyl (C=O) groups is 1. The summed E-state index contributed by atoms with van der Waals surface area (Å²) in [5, 5.41) is 0.621. The first-order valence-electron chi connectivity index (χ1n) is 8.81. The summed E-state index contributed by atoms with van der Waals surface area (Å²) in [6, 6.07) is 14.0. The van der Waals surface area contributed by atoms with Gasteiger partial charge in [-0.25, -0.2) is 4.98 Å². The van der Waals surface area contributed by atoms with Gasteiger partial charge in [-0.2, -0.15) is 0 Å². The molecule has 0 saturated carbocycles. The van der Waals surface area contributed by atoms with E-state index < -0.39 is 0 Å². The number of halogens is 1. The minimum atomic E-state index is 0.0386. The van der Waals surface area contributed by atoms with Gasteiger partial charge in [-0.05, 0) is 18.6 Å². The van der Waals surface area contributed by atoms with Crippen LogP contribution in [0.15, 0.2) is 48.7 Å². The quantitative estimate of drug-likeness (QED) is 0.712. The Balaban J connectivity index is 1.46. The van der Waals surface area contributed by atoms with E-state index in [4.69, 9.17) is 11.6 Å². The van der Waals surface area contributed by atoms with Crippen LogP contribution in [-0.2, 0) is 6.54 Å². The summed E-state index contributed by atoms with van der Waals surface area (Å²) in [5.74, 6) is 0.0386. The largest absolute Gasteiger partial charge is 0.335 e. The number of rotatable bonds is 3. The summed E-state index contributed by atoms with van der Waals surface area (Å²) in [5.41, 5.74) is 3.39. The number of imidazole rings is 1. The zero-order valence-electron chi connectivity index (χ0n) is 14.7. The molecule has 26 heavy (non-hydrogen) atoms. The highest BCUT2D eigenvalue weighted by Crippen LogP contribution is 2.19. The Bertz CT molecular complexity index is 930. The highest BCUT2D eigenvalue weighted by Gasteiger charge is 2.26. The number of carbonyl (C=O) groups excluding carboxylic acids is 1. The number of amides is 1. The second kappa shape index (κ2) is 7.09. The van der Waals surface area contributed by atoms with Gasteiger partial charge < -0.3 is 4.90 Å². The molecule has 1 aliphatic rings. The molecule has 2 aromatic heterocycles. The average molecular weight is 369 g/mol. The standard InChI is InChI=1S/C20H21ClN4O/c1-15-19(25-8-7-17(21)13-18(25)22-15)20(26)24-11-9-23(10-12-24)14-16-5-3-2-4-6-16/h2-8,13H,9-12,14H2,1H3. The van der Waals surface area contributed by atoms with Crippen molar-refractivity contribution in [3.8, 4) is 0 Å². The smallest absolute Gasteiger partial charge is 0.272 e. The maximum Gasteiger partial charge on any atom is 0.272 e. The van der Waals surface area contributed by atoms with E-state index in [-0.39, 0.29) is 5.91 Å². The van der Waals surface area contributed by atoms with Crippen LogP contribution in [0.1, 0.15) is 21.7 Å². The number of fused-ring (bicyclic) bond motifs is 1. The lowest BCUT2D eigenvalue weighted by Crippen LogP contribution is -2.48. The van der Waals surface area contributed by atoms with E-state index in [9.17, 15) is 4.79 Å². The maximum absolute atomic E-state index is 13.1. The van der Waals surface area contributed by atoms with Gasteiger partial charge in [-0.15, -0.1) is 0 Å². The predicted molar refractivity (Wildman–Crippen MR) is 103 cm³/mol. The number of hydrogen-bond acceptors (Lipinski definition) is 3. The Morgan fingerprint density at radius 3 is 2.58 bits per heavy atom. The topological polar surface area (TPSA) is 40.9 Å². The molecule has 0 radical (unpaired) electrons. The third kappa shape index (κ3) is 3.32. The second-order valence-corrected chi connectivity index (χ2v) is 7.11. The normalized spacial score (nSPS) is 15.5. The summed E-state index contributed by atoms with van der Waals surface area (Å²) in [6.07, 6.45) is 1.82. The second-order valence-electron chi connectivity index (χ2n) is 6.67. The molecule has 0 aliphatic carbocycles. The van der Waals surface area contributed by atoms with Gasteiger partial charge in [0.2, 0.25) is 0 Å². The Hall–Kier alpha value is -2.37. The first kappa shape index (κ1) is 17.1. The molecule has 1 aromatic carbocycles. The molecule has 4 rings (SSSR count). The molecule has 0 spiro atoms. The summed E-state index contributed by atoms with van der Waals surface area (Å²) in [4.78, 5) is 21.9. The van der Waals surface area contributed by atoms with Crippen molar-refractivity contribution in [2.24, 2.45) is 0 Å². The molecule has 5 nitrogen and oxygen atoms in total. The predicted octanol–water partition coefficient (Wildman–Crippen LogP) is 3.25. The van der Waals surface area contributed by atoms with Gasteiger partial charge in [0, 0.05) is 50.0 Å². The van der Waals surface area contributed by atoms with Gasteiger partial charge in [-0.1, -0.05) is 41.9 Å². The number of hydrogen-bond donors (Lipinski definition) is 0. The molecule has 134 valence electrons. The van der Waals surface area contributed by atoms with Crippen LogP contribution >= 0.6 is 11.6 Å². The Morgan fingerprint density at radius 1 is 1.12 bits per heavy atom. The number of aromatic nitrogens is 2. The lowest BCUT2D eigenvalue weighted by molar-refractivity contribution is 0.0621. The molecule has 3 aromatic rings. The summed E-state index contributed by atoms with van der Waals surface area (Å²) in [7, 11) is 0. The number of pyridine rings is 1. The molecule has 1 amide bonds. The Labute approximate surface area is 157 Å². The number of benzene rings is 1. The lowest BCUT2D eigenvalue weighted by Gasteiger charge is -2.34. The first-order valence-corrected chi connectivity index (χ1v) is 9.19. The van der Waals surface area contributed by atoms with Gasteiger partial charge >= 0.3 is 0 Å². The molecule has 0 unspecified atom stereocenters. The van der Waals surface area contributed by atoms with Crippen LogP contribution in [0.4, 0.5) is 0 Å². The van der Waals surface area contributed by atoms with Crippen LogP contribution in [-0.4, -0.2) is 51.3 Å². The average Bonchev–Trinajstić information content (AvgIpc) is 2.97. The monoisotopic (exact) mass is 368 g/mol. The van der Waals surface area contributed by atoms with Crippen molar-refractivity contribution in [3.63, 3.8) is 0 Å². The minimum absolute atomic E-state index is 0.0386. The highest BCUT2D eigenvalue weighted by molar-refractivity contribution is 6.30. The van der Waals surface area contributed by atoms with Gasteiger partial charge in [0.15, 0.2) is 0 Å². The fourth-order valence-corrected chi connectivity index (χ4v) is 3.65. The Kier molecular flexibility index (Phi) is 4.66. The van der Waals surface area contributed by atoms with Crippen molar-refractivity contribution in [1.82, 2.24) is 19.2 Å². The zero-order chi connectivity index (χ0) is 18.1. The van der Waals surface area contributed by atoms with Gasteiger partial charge in [-0.3, -0.25) is 14.1 Å². The zero-order valence-corrected chi connectivity index (χ0v) is 15.5. The SMILES string of the molecule is Cc1nc2cc(Cl)ccn2c1C(=O)N1CCN(Cc2ccccc2)CC1. The lowest BCUT2D eigenvalue weighted by atomic mass is 10.2. The summed E-state index contributed by atoms with van der Waals surface area (Å²) in [6.45, 7) is 6.01. The van der Waals surface area contributed by atoms with Crippen LogP contribution < -0.4 is 0 Å². The molecular formula is C20H21ClN4O.